The lowest BCUT2D eigenvalue weighted by Gasteiger charge is -2.41. The normalized spacial score (nSPS) is 27.5. The lowest BCUT2D eigenvalue weighted by molar-refractivity contribution is 0.0202. The molecule has 0 N–H and O–H groups in total. The summed E-state index contributed by atoms with van der Waals surface area (Å²) in [6.07, 6.45) is 1.33. The maximum atomic E-state index is 14.3. The van der Waals surface area contributed by atoms with Gasteiger partial charge in [0.05, 0.1) is 22.5 Å². The monoisotopic (exact) mass is 577 g/mol. The van der Waals surface area contributed by atoms with Gasteiger partial charge in [0.15, 0.2) is 0 Å². The van der Waals surface area contributed by atoms with Crippen LogP contribution in [-0.2, 0) is 4.74 Å². The van der Waals surface area contributed by atoms with E-state index in [0.29, 0.717) is 51.6 Å². The third kappa shape index (κ3) is 4.69. The number of benzene rings is 1. The van der Waals surface area contributed by atoms with Crippen molar-refractivity contribution < 1.29 is 23.4 Å². The van der Waals surface area contributed by atoms with Crippen LogP contribution in [0.25, 0.3) is 10.9 Å². The van der Waals surface area contributed by atoms with Crippen LogP contribution in [0.15, 0.2) is 16.6 Å². The van der Waals surface area contributed by atoms with Crippen LogP contribution in [0.4, 0.5) is 15.0 Å². The van der Waals surface area contributed by atoms with Gasteiger partial charge >= 0.3 is 12.1 Å². The summed E-state index contributed by atoms with van der Waals surface area (Å²) >= 11 is 3.58. The van der Waals surface area contributed by atoms with Gasteiger partial charge in [-0.3, -0.25) is 4.90 Å². The van der Waals surface area contributed by atoms with Crippen molar-refractivity contribution in [2.75, 3.05) is 50.8 Å². The Kier molecular flexibility index (Phi) is 6.13. The number of amides is 1. The molecule has 5 heterocycles. The topological polar surface area (TPSA) is 80.3 Å². The molecule has 0 saturated carbocycles. The van der Waals surface area contributed by atoms with Crippen molar-refractivity contribution in [1.29, 1.82) is 0 Å². The molecule has 4 aliphatic heterocycles. The van der Waals surface area contributed by atoms with Crippen molar-refractivity contribution >= 4 is 38.7 Å². The van der Waals surface area contributed by atoms with Crippen LogP contribution in [-0.4, -0.2) is 95.2 Å². The van der Waals surface area contributed by atoms with Crippen LogP contribution in [0.5, 0.6) is 11.8 Å². The van der Waals surface area contributed by atoms with E-state index in [4.69, 9.17) is 24.2 Å². The molecule has 0 aliphatic carbocycles. The van der Waals surface area contributed by atoms with Crippen molar-refractivity contribution in [2.45, 2.75) is 63.4 Å². The molecule has 3 saturated heterocycles. The van der Waals surface area contributed by atoms with Gasteiger partial charge in [0.2, 0.25) is 0 Å². The molecule has 3 fully saturated rings. The number of hydrogen-bond donors (Lipinski definition) is 0. The van der Waals surface area contributed by atoms with Crippen LogP contribution < -0.4 is 14.4 Å². The van der Waals surface area contributed by atoms with Crippen molar-refractivity contribution in [3.05, 3.63) is 16.6 Å². The molecule has 1 amide bonds. The second-order valence-electron chi connectivity index (χ2n) is 11.6. The van der Waals surface area contributed by atoms with E-state index in [1.165, 1.54) is 0 Å². The summed E-state index contributed by atoms with van der Waals surface area (Å²) < 4.78 is 33.2. The number of piperazine rings is 1. The molecular formula is C26H33BrFN5O4. The minimum Gasteiger partial charge on any atom is -0.490 e. The summed E-state index contributed by atoms with van der Waals surface area (Å²) in [4.78, 5) is 28.5. The van der Waals surface area contributed by atoms with Gasteiger partial charge in [0.25, 0.3) is 0 Å². The van der Waals surface area contributed by atoms with Crippen LogP contribution in [0.1, 0.15) is 40.0 Å². The molecule has 1 aromatic carbocycles. The summed E-state index contributed by atoms with van der Waals surface area (Å²) in [5.41, 5.74) is -0.119. The Bertz CT molecular complexity index is 1230. The van der Waals surface area contributed by atoms with Gasteiger partial charge in [0.1, 0.15) is 36.6 Å². The number of ether oxygens (including phenoxy) is 3. The molecule has 6 rings (SSSR count). The second-order valence-corrected chi connectivity index (χ2v) is 12.5. The van der Waals surface area contributed by atoms with E-state index in [1.807, 2.05) is 32.9 Å². The first-order valence-electron chi connectivity index (χ1n) is 13.0. The summed E-state index contributed by atoms with van der Waals surface area (Å²) in [6.45, 7) is 9.30. The van der Waals surface area contributed by atoms with Gasteiger partial charge in [-0.2, -0.15) is 9.97 Å². The highest BCUT2D eigenvalue weighted by atomic mass is 79.9. The maximum Gasteiger partial charge on any atom is 0.410 e. The van der Waals surface area contributed by atoms with Gasteiger partial charge in [-0.25, -0.2) is 9.18 Å². The number of alkyl halides is 1. The summed E-state index contributed by atoms with van der Waals surface area (Å²) in [6, 6.07) is 4.04. The average molecular weight is 578 g/mol. The zero-order valence-electron chi connectivity index (χ0n) is 21.5. The van der Waals surface area contributed by atoms with E-state index < -0.39 is 11.8 Å². The first kappa shape index (κ1) is 24.9. The smallest absolute Gasteiger partial charge is 0.410 e. The SMILES string of the molecule is CC(C)(C)OC(=O)N1CCN2c3nc(OC[C@@]45CCCN4C[C@H](F)C5)nc4cc(Br)cc(c34)OCC2C1. The summed E-state index contributed by atoms with van der Waals surface area (Å²) in [7, 11) is 0. The molecule has 4 aliphatic rings. The number of nitrogens with zero attached hydrogens (tertiary/aromatic N) is 5. The van der Waals surface area contributed by atoms with Gasteiger partial charge in [-0.1, -0.05) is 15.9 Å². The molecule has 1 aromatic heterocycles. The number of fused-ring (bicyclic) bond motifs is 3. The minimum absolute atomic E-state index is 0.107. The van der Waals surface area contributed by atoms with E-state index in [1.54, 1.807) is 4.90 Å². The first-order chi connectivity index (χ1) is 17.6. The Hall–Kier alpha value is -2.40. The second kappa shape index (κ2) is 9.11. The zero-order valence-corrected chi connectivity index (χ0v) is 23.1. The Balaban J connectivity index is 1.30. The van der Waals surface area contributed by atoms with Crippen molar-refractivity contribution in [3.63, 3.8) is 0 Å². The van der Waals surface area contributed by atoms with Crippen LogP contribution >= 0.6 is 15.9 Å². The van der Waals surface area contributed by atoms with E-state index in [-0.39, 0.29) is 23.7 Å². The van der Waals surface area contributed by atoms with Gasteiger partial charge < -0.3 is 24.0 Å². The van der Waals surface area contributed by atoms with Crippen molar-refractivity contribution in [1.82, 2.24) is 19.8 Å². The Morgan fingerprint density at radius 2 is 2.08 bits per heavy atom. The molecule has 3 atom stereocenters. The molecule has 1 unspecified atom stereocenters. The van der Waals surface area contributed by atoms with E-state index >= 15 is 0 Å². The lowest BCUT2D eigenvalue weighted by atomic mass is 9.95. The number of rotatable bonds is 3. The quantitative estimate of drug-likeness (QED) is 0.538. The van der Waals surface area contributed by atoms with Crippen LogP contribution in [0, 0.1) is 0 Å². The predicted molar refractivity (Wildman–Crippen MR) is 140 cm³/mol. The molecule has 0 spiro atoms. The fraction of sp³-hybridized carbons (Fsp3) is 0.654. The number of anilines is 1. The fourth-order valence-corrected chi connectivity index (χ4v) is 6.57. The van der Waals surface area contributed by atoms with Crippen LogP contribution in [0.2, 0.25) is 0 Å². The number of carbonyl (C=O) groups excluding carboxylic acids is 1. The largest absolute Gasteiger partial charge is 0.490 e. The Morgan fingerprint density at radius 3 is 2.89 bits per heavy atom. The highest BCUT2D eigenvalue weighted by Gasteiger charge is 2.49. The minimum atomic E-state index is -0.816. The van der Waals surface area contributed by atoms with E-state index in [9.17, 15) is 9.18 Å². The third-order valence-corrected chi connectivity index (χ3v) is 8.21. The molecule has 37 heavy (non-hydrogen) atoms. The maximum absolute atomic E-state index is 14.3. The standard InChI is InChI=1S/C26H33BrFN5O4/c1-25(2,3)37-24(34)31-7-8-33-18(13-31)14-35-20-10-16(27)9-19-21(20)22(33)30-23(29-19)36-15-26-5-4-6-32(26)12-17(28)11-26/h9-10,17-18H,4-8,11-15H2,1-3H3/t17-,18?,26+/m1/s1. The Labute approximate surface area is 224 Å². The molecular weight excluding hydrogens is 545 g/mol. The predicted octanol–water partition coefficient (Wildman–Crippen LogP) is 4.17. The lowest BCUT2D eigenvalue weighted by Crippen LogP contribution is -2.57. The Morgan fingerprint density at radius 1 is 1.24 bits per heavy atom. The van der Waals surface area contributed by atoms with Crippen molar-refractivity contribution in [2.24, 2.45) is 0 Å². The van der Waals surface area contributed by atoms with E-state index in [0.717, 1.165) is 40.6 Å². The number of halogens is 2. The average Bonchev–Trinajstić information content (AvgIpc) is 3.29. The summed E-state index contributed by atoms with van der Waals surface area (Å²) in [5.74, 6) is 1.44. The van der Waals surface area contributed by atoms with Crippen molar-refractivity contribution in [3.8, 4) is 11.8 Å². The molecule has 11 heteroatoms. The molecule has 200 valence electrons. The molecule has 0 radical (unpaired) electrons. The molecule has 2 aromatic rings. The van der Waals surface area contributed by atoms with E-state index in [2.05, 4.69) is 25.7 Å². The van der Waals surface area contributed by atoms with Crippen LogP contribution in [0.3, 0.4) is 0 Å². The summed E-state index contributed by atoms with van der Waals surface area (Å²) in [5, 5.41) is 0.828. The number of hydrogen-bond acceptors (Lipinski definition) is 8. The highest BCUT2D eigenvalue weighted by molar-refractivity contribution is 9.10. The van der Waals surface area contributed by atoms with Gasteiger partial charge in [0, 0.05) is 37.1 Å². The fourth-order valence-electron chi connectivity index (χ4n) is 6.14. The zero-order chi connectivity index (χ0) is 25.9. The first-order valence-corrected chi connectivity index (χ1v) is 13.8. The number of carbonyl (C=O) groups is 1. The molecule has 0 bridgehead atoms. The third-order valence-electron chi connectivity index (χ3n) is 7.76. The highest BCUT2D eigenvalue weighted by Crippen LogP contribution is 2.42. The van der Waals surface area contributed by atoms with Gasteiger partial charge in [-0.05, 0) is 52.3 Å². The van der Waals surface area contributed by atoms with Gasteiger partial charge in [-0.15, -0.1) is 0 Å². The molecule has 9 nitrogen and oxygen atoms in total. The number of aromatic nitrogens is 2.